The Kier molecular flexibility index (Phi) is 3.82. The molecule has 0 saturated carbocycles. The van der Waals surface area contributed by atoms with Crippen LogP contribution in [0.5, 0.6) is 11.5 Å². The SMILES string of the molecule is CC(O)c1cc(Oc2ccccc2)ccc1C(=O)O. The topological polar surface area (TPSA) is 66.8 Å². The number of aliphatic hydroxyl groups is 1. The van der Waals surface area contributed by atoms with Crippen LogP contribution in [0.2, 0.25) is 0 Å². The van der Waals surface area contributed by atoms with Gasteiger partial charge in [0.1, 0.15) is 11.5 Å². The number of carbonyl (C=O) groups is 1. The van der Waals surface area contributed by atoms with E-state index in [4.69, 9.17) is 9.84 Å². The van der Waals surface area contributed by atoms with E-state index in [-0.39, 0.29) is 5.56 Å². The van der Waals surface area contributed by atoms with Gasteiger partial charge in [-0.1, -0.05) is 18.2 Å². The summed E-state index contributed by atoms with van der Waals surface area (Å²) in [5, 5.41) is 18.7. The average molecular weight is 258 g/mol. The Morgan fingerprint density at radius 2 is 1.79 bits per heavy atom. The lowest BCUT2D eigenvalue weighted by atomic mass is 10.0. The van der Waals surface area contributed by atoms with Crippen molar-refractivity contribution in [2.75, 3.05) is 0 Å². The van der Waals surface area contributed by atoms with E-state index in [1.165, 1.54) is 13.0 Å². The fraction of sp³-hybridized carbons (Fsp3) is 0.133. The number of aromatic carboxylic acids is 1. The molecule has 2 rings (SSSR count). The average Bonchev–Trinajstić information content (AvgIpc) is 2.39. The second kappa shape index (κ2) is 5.54. The number of hydrogen-bond donors (Lipinski definition) is 2. The van der Waals surface area contributed by atoms with Gasteiger partial charge in [0.2, 0.25) is 0 Å². The molecule has 2 aromatic carbocycles. The largest absolute Gasteiger partial charge is 0.478 e. The van der Waals surface area contributed by atoms with Crippen LogP contribution in [0.15, 0.2) is 48.5 Å². The summed E-state index contributed by atoms with van der Waals surface area (Å²) in [6.45, 7) is 1.52. The molecule has 0 aliphatic carbocycles. The molecule has 0 saturated heterocycles. The maximum absolute atomic E-state index is 11.0. The van der Waals surface area contributed by atoms with Crippen molar-refractivity contribution in [2.24, 2.45) is 0 Å². The summed E-state index contributed by atoms with van der Waals surface area (Å²) < 4.78 is 5.60. The smallest absolute Gasteiger partial charge is 0.336 e. The Morgan fingerprint density at radius 1 is 1.11 bits per heavy atom. The highest BCUT2D eigenvalue weighted by Crippen LogP contribution is 2.27. The summed E-state index contributed by atoms with van der Waals surface area (Å²) in [5.74, 6) is 0.0800. The summed E-state index contributed by atoms with van der Waals surface area (Å²) in [6.07, 6.45) is -0.870. The summed E-state index contributed by atoms with van der Waals surface area (Å²) in [7, 11) is 0. The highest BCUT2D eigenvalue weighted by molar-refractivity contribution is 5.89. The zero-order valence-electron chi connectivity index (χ0n) is 10.4. The molecule has 98 valence electrons. The minimum atomic E-state index is -1.07. The number of ether oxygens (including phenoxy) is 1. The van der Waals surface area contributed by atoms with Crippen LogP contribution in [-0.2, 0) is 0 Å². The molecular weight excluding hydrogens is 244 g/mol. The lowest BCUT2D eigenvalue weighted by molar-refractivity contribution is 0.0690. The first-order valence-corrected chi connectivity index (χ1v) is 5.86. The lowest BCUT2D eigenvalue weighted by Gasteiger charge is -2.12. The van der Waals surface area contributed by atoms with E-state index in [2.05, 4.69) is 0 Å². The summed E-state index contributed by atoms with van der Waals surface area (Å²) in [4.78, 5) is 11.0. The van der Waals surface area contributed by atoms with Crippen molar-refractivity contribution in [3.63, 3.8) is 0 Å². The third-order valence-corrected chi connectivity index (χ3v) is 2.68. The molecule has 0 fully saturated rings. The molecule has 0 bridgehead atoms. The minimum Gasteiger partial charge on any atom is -0.478 e. The van der Waals surface area contributed by atoms with Gasteiger partial charge in [0.15, 0.2) is 0 Å². The van der Waals surface area contributed by atoms with Gasteiger partial charge in [-0.3, -0.25) is 0 Å². The van der Waals surface area contributed by atoms with Gasteiger partial charge < -0.3 is 14.9 Å². The van der Waals surface area contributed by atoms with Crippen LogP contribution < -0.4 is 4.74 Å². The standard InChI is InChI=1S/C15H14O4/c1-10(16)14-9-12(7-8-13(14)15(17)18)19-11-5-3-2-4-6-11/h2-10,16H,1H3,(H,17,18). The van der Waals surface area contributed by atoms with E-state index < -0.39 is 12.1 Å². The monoisotopic (exact) mass is 258 g/mol. The Morgan fingerprint density at radius 3 is 2.37 bits per heavy atom. The predicted molar refractivity (Wildman–Crippen MR) is 70.6 cm³/mol. The van der Waals surface area contributed by atoms with Crippen molar-refractivity contribution >= 4 is 5.97 Å². The van der Waals surface area contributed by atoms with Crippen LogP contribution in [0.3, 0.4) is 0 Å². The van der Waals surface area contributed by atoms with Crippen molar-refractivity contribution in [1.82, 2.24) is 0 Å². The van der Waals surface area contributed by atoms with Crippen LogP contribution in [0.25, 0.3) is 0 Å². The van der Waals surface area contributed by atoms with Crippen LogP contribution in [0, 0.1) is 0 Å². The Labute approximate surface area is 110 Å². The Hall–Kier alpha value is -2.33. The van der Waals surface area contributed by atoms with Gasteiger partial charge in [0, 0.05) is 0 Å². The van der Waals surface area contributed by atoms with Gasteiger partial charge in [-0.05, 0) is 42.8 Å². The Bertz CT molecular complexity index is 576. The molecule has 0 radical (unpaired) electrons. The van der Waals surface area contributed by atoms with Crippen LogP contribution in [-0.4, -0.2) is 16.2 Å². The second-order valence-electron chi connectivity index (χ2n) is 4.15. The third kappa shape index (κ3) is 3.11. The highest BCUT2D eigenvalue weighted by Gasteiger charge is 2.15. The molecule has 2 aromatic rings. The van der Waals surface area contributed by atoms with Crippen LogP contribution in [0.1, 0.15) is 28.9 Å². The molecule has 4 nitrogen and oxygen atoms in total. The van der Waals surface area contributed by atoms with Crippen molar-refractivity contribution in [1.29, 1.82) is 0 Å². The molecule has 0 aliphatic rings. The van der Waals surface area contributed by atoms with Crippen molar-refractivity contribution in [3.8, 4) is 11.5 Å². The van der Waals surface area contributed by atoms with Gasteiger partial charge in [0.05, 0.1) is 11.7 Å². The number of rotatable bonds is 4. The molecule has 1 unspecified atom stereocenters. The summed E-state index contributed by atoms with van der Waals surface area (Å²) >= 11 is 0. The molecule has 4 heteroatoms. The molecule has 19 heavy (non-hydrogen) atoms. The van der Waals surface area contributed by atoms with Gasteiger partial charge in [-0.2, -0.15) is 0 Å². The third-order valence-electron chi connectivity index (χ3n) is 2.68. The maximum Gasteiger partial charge on any atom is 0.336 e. The molecular formula is C15H14O4. The van der Waals surface area contributed by atoms with Crippen LogP contribution >= 0.6 is 0 Å². The van der Waals surface area contributed by atoms with Gasteiger partial charge in [0.25, 0.3) is 0 Å². The summed E-state index contributed by atoms with van der Waals surface area (Å²) in [6, 6.07) is 13.7. The first-order chi connectivity index (χ1) is 9.08. The van der Waals surface area contributed by atoms with Crippen molar-refractivity contribution in [3.05, 3.63) is 59.7 Å². The number of carboxylic acid groups (broad SMARTS) is 1. The van der Waals surface area contributed by atoms with E-state index in [0.717, 1.165) is 0 Å². The molecule has 2 N–H and O–H groups in total. The molecule has 0 heterocycles. The van der Waals surface area contributed by atoms with E-state index in [1.54, 1.807) is 24.3 Å². The fourth-order valence-electron chi connectivity index (χ4n) is 1.77. The molecule has 0 spiro atoms. The number of aliphatic hydroxyl groups excluding tert-OH is 1. The van der Waals surface area contributed by atoms with Gasteiger partial charge >= 0.3 is 5.97 Å². The number of benzene rings is 2. The first-order valence-electron chi connectivity index (χ1n) is 5.86. The van der Waals surface area contributed by atoms with E-state index in [1.807, 2.05) is 18.2 Å². The van der Waals surface area contributed by atoms with Crippen LogP contribution in [0.4, 0.5) is 0 Å². The molecule has 0 amide bonds. The maximum atomic E-state index is 11.0. The lowest BCUT2D eigenvalue weighted by Crippen LogP contribution is -2.05. The van der Waals surface area contributed by atoms with E-state index >= 15 is 0 Å². The predicted octanol–water partition coefficient (Wildman–Crippen LogP) is 3.23. The number of hydrogen-bond acceptors (Lipinski definition) is 3. The van der Waals surface area contributed by atoms with E-state index in [9.17, 15) is 9.90 Å². The molecule has 0 aromatic heterocycles. The molecule has 0 aliphatic heterocycles. The Balaban J connectivity index is 2.33. The van der Waals surface area contributed by atoms with Crippen molar-refractivity contribution < 1.29 is 19.7 Å². The second-order valence-corrected chi connectivity index (χ2v) is 4.15. The minimum absolute atomic E-state index is 0.0791. The van der Waals surface area contributed by atoms with Crippen molar-refractivity contribution in [2.45, 2.75) is 13.0 Å². The number of carboxylic acids is 1. The highest BCUT2D eigenvalue weighted by atomic mass is 16.5. The van der Waals surface area contributed by atoms with E-state index in [0.29, 0.717) is 17.1 Å². The zero-order chi connectivity index (χ0) is 13.8. The molecule has 1 atom stereocenters. The number of para-hydroxylation sites is 1. The summed E-state index contributed by atoms with van der Waals surface area (Å²) in [5.41, 5.74) is 0.413. The zero-order valence-corrected chi connectivity index (χ0v) is 10.4. The normalized spacial score (nSPS) is 11.9. The van der Waals surface area contributed by atoms with Gasteiger partial charge in [-0.25, -0.2) is 4.79 Å². The fourth-order valence-corrected chi connectivity index (χ4v) is 1.77. The van der Waals surface area contributed by atoms with Gasteiger partial charge in [-0.15, -0.1) is 0 Å². The quantitative estimate of drug-likeness (QED) is 0.883. The first kappa shape index (κ1) is 13.1.